The van der Waals surface area contributed by atoms with Crippen LogP contribution in [0.25, 0.3) is 0 Å². The number of hydrogen-bond acceptors (Lipinski definition) is 4. The second-order valence-corrected chi connectivity index (χ2v) is 7.13. The summed E-state index contributed by atoms with van der Waals surface area (Å²) in [7, 11) is 1.69. The van der Waals surface area contributed by atoms with Crippen LogP contribution in [0.3, 0.4) is 0 Å². The van der Waals surface area contributed by atoms with Crippen molar-refractivity contribution in [3.05, 3.63) is 24.3 Å². The van der Waals surface area contributed by atoms with Gasteiger partial charge < -0.3 is 15.4 Å². The van der Waals surface area contributed by atoms with E-state index < -0.39 is 0 Å². The monoisotopic (exact) mass is 287 g/mol. The summed E-state index contributed by atoms with van der Waals surface area (Å²) in [6.07, 6.45) is 4.79. The van der Waals surface area contributed by atoms with E-state index in [2.05, 4.69) is 35.9 Å². The number of rotatable bonds is 2. The Morgan fingerprint density at radius 1 is 1.29 bits per heavy atom. The molecule has 0 bridgehead atoms. The van der Waals surface area contributed by atoms with Gasteiger partial charge in [-0.15, -0.1) is 0 Å². The average Bonchev–Trinajstić information content (AvgIpc) is 2.74. The Balaban J connectivity index is 1.99. The zero-order valence-corrected chi connectivity index (χ0v) is 13.2. The van der Waals surface area contributed by atoms with Crippen molar-refractivity contribution in [2.24, 2.45) is 16.1 Å². The van der Waals surface area contributed by atoms with E-state index in [9.17, 15) is 0 Å². The van der Waals surface area contributed by atoms with Crippen LogP contribution in [0.4, 0.5) is 5.69 Å². The lowest BCUT2D eigenvalue weighted by Crippen LogP contribution is -2.55. The number of guanidine groups is 1. The molecule has 1 heterocycles. The van der Waals surface area contributed by atoms with Crippen LogP contribution >= 0.6 is 0 Å². The maximum atomic E-state index is 6.23. The highest BCUT2D eigenvalue weighted by atomic mass is 16.5. The molecule has 1 spiro atoms. The molecule has 1 unspecified atom stereocenters. The first-order valence-electron chi connectivity index (χ1n) is 7.70. The summed E-state index contributed by atoms with van der Waals surface area (Å²) in [4.78, 5) is 6.82. The molecule has 0 amide bonds. The summed E-state index contributed by atoms with van der Waals surface area (Å²) >= 11 is 0. The van der Waals surface area contributed by atoms with Gasteiger partial charge in [0.1, 0.15) is 5.75 Å². The number of benzene rings is 1. The first-order chi connectivity index (χ1) is 9.96. The fourth-order valence-corrected chi connectivity index (χ4v) is 4.06. The molecule has 114 valence electrons. The van der Waals surface area contributed by atoms with Gasteiger partial charge in [-0.05, 0) is 36.8 Å². The van der Waals surface area contributed by atoms with Crippen LogP contribution in [0.5, 0.6) is 5.75 Å². The topological polar surface area (TPSA) is 50.9 Å². The van der Waals surface area contributed by atoms with Crippen LogP contribution in [0.2, 0.25) is 0 Å². The van der Waals surface area contributed by atoms with Crippen molar-refractivity contribution in [2.75, 3.05) is 18.6 Å². The Bertz CT molecular complexity index is 567. The summed E-state index contributed by atoms with van der Waals surface area (Å²) in [5.74, 6) is 1.50. The fourth-order valence-electron chi connectivity index (χ4n) is 4.06. The first-order valence-corrected chi connectivity index (χ1v) is 7.70. The number of nitrogens with two attached hydrogens (primary N) is 1. The molecular weight excluding hydrogens is 262 g/mol. The number of nitrogens with zero attached hydrogens (tertiary/aromatic N) is 2. The Labute approximate surface area is 127 Å². The van der Waals surface area contributed by atoms with Crippen molar-refractivity contribution < 1.29 is 4.74 Å². The molecule has 1 fully saturated rings. The van der Waals surface area contributed by atoms with Crippen LogP contribution in [0, 0.1) is 5.41 Å². The summed E-state index contributed by atoms with van der Waals surface area (Å²) in [5, 5.41) is 0. The number of hydrogen-bond donors (Lipinski definition) is 1. The molecule has 1 aliphatic heterocycles. The van der Waals surface area contributed by atoms with Gasteiger partial charge >= 0.3 is 0 Å². The number of methoxy groups -OCH3 is 1. The first kappa shape index (κ1) is 14.2. The van der Waals surface area contributed by atoms with E-state index in [0.29, 0.717) is 11.4 Å². The molecular formula is C17H25N3O. The number of ether oxygens (including phenoxy) is 1. The lowest BCUT2D eigenvalue weighted by molar-refractivity contribution is 0.163. The molecule has 21 heavy (non-hydrogen) atoms. The van der Waals surface area contributed by atoms with Crippen molar-refractivity contribution in [1.29, 1.82) is 0 Å². The number of anilines is 1. The summed E-state index contributed by atoms with van der Waals surface area (Å²) in [6.45, 7) is 5.51. The highest BCUT2D eigenvalue weighted by Crippen LogP contribution is 2.47. The Morgan fingerprint density at radius 2 is 2.10 bits per heavy atom. The van der Waals surface area contributed by atoms with Gasteiger partial charge in [-0.25, -0.2) is 0 Å². The third kappa shape index (κ3) is 2.47. The van der Waals surface area contributed by atoms with Gasteiger partial charge in [0.25, 0.3) is 0 Å². The smallest absolute Gasteiger partial charge is 0.196 e. The lowest BCUT2D eigenvalue weighted by atomic mass is 9.67. The zero-order valence-electron chi connectivity index (χ0n) is 13.2. The molecule has 1 atom stereocenters. The van der Waals surface area contributed by atoms with Crippen molar-refractivity contribution in [3.8, 4) is 5.75 Å². The lowest BCUT2D eigenvalue weighted by Gasteiger charge is -2.48. The highest BCUT2D eigenvalue weighted by molar-refractivity contribution is 5.98. The second kappa shape index (κ2) is 4.93. The average molecular weight is 287 g/mol. The largest absolute Gasteiger partial charge is 0.497 e. The van der Waals surface area contributed by atoms with Crippen LogP contribution in [-0.4, -0.2) is 25.2 Å². The predicted molar refractivity (Wildman–Crippen MR) is 86.9 cm³/mol. The molecule has 0 aromatic heterocycles. The molecule has 2 N–H and O–H groups in total. The highest BCUT2D eigenvalue weighted by Gasteiger charge is 2.48. The molecule has 2 aliphatic rings. The molecule has 1 saturated carbocycles. The van der Waals surface area contributed by atoms with E-state index in [1.165, 1.54) is 12.8 Å². The maximum absolute atomic E-state index is 6.23. The summed E-state index contributed by atoms with van der Waals surface area (Å²) in [5.41, 5.74) is 7.70. The van der Waals surface area contributed by atoms with Gasteiger partial charge in [-0.3, -0.25) is 4.99 Å². The predicted octanol–water partition coefficient (Wildman–Crippen LogP) is 3.17. The molecule has 1 aliphatic carbocycles. The third-order valence-corrected chi connectivity index (χ3v) is 4.85. The quantitative estimate of drug-likeness (QED) is 0.909. The van der Waals surface area contributed by atoms with Crippen molar-refractivity contribution in [2.45, 2.75) is 45.1 Å². The molecule has 4 heteroatoms. The number of aliphatic imine (C=N–C) groups is 1. The molecule has 0 radical (unpaired) electrons. The molecule has 3 rings (SSSR count). The maximum Gasteiger partial charge on any atom is 0.196 e. The standard InChI is InChI=1S/C17H25N3O/c1-16(2)8-5-9-17(11-16)12-19-15(18)20(17)13-6-4-7-14(10-13)21-3/h4,6-7,10H,5,8-9,11-12H2,1-3H3,(H2,18,19). The fraction of sp³-hybridized carbons (Fsp3) is 0.588. The van der Waals surface area contributed by atoms with Gasteiger partial charge in [0.05, 0.1) is 19.2 Å². The minimum Gasteiger partial charge on any atom is -0.497 e. The van der Waals surface area contributed by atoms with Gasteiger partial charge in [0.2, 0.25) is 0 Å². The SMILES string of the molecule is COc1cccc(N2C(N)=NCC23CCCC(C)(C)C3)c1. The molecule has 0 saturated heterocycles. The Hall–Kier alpha value is -1.71. The van der Waals surface area contributed by atoms with E-state index in [0.717, 1.165) is 30.8 Å². The minimum absolute atomic E-state index is 0.0399. The van der Waals surface area contributed by atoms with Gasteiger partial charge in [-0.1, -0.05) is 26.3 Å². The molecule has 4 nitrogen and oxygen atoms in total. The van der Waals surface area contributed by atoms with Crippen molar-refractivity contribution in [1.82, 2.24) is 0 Å². The zero-order chi connectivity index (χ0) is 15.1. The van der Waals surface area contributed by atoms with Crippen LogP contribution < -0.4 is 15.4 Å². The van der Waals surface area contributed by atoms with Crippen LogP contribution in [0.15, 0.2) is 29.3 Å². The van der Waals surface area contributed by atoms with Crippen molar-refractivity contribution in [3.63, 3.8) is 0 Å². The van der Waals surface area contributed by atoms with Crippen molar-refractivity contribution >= 4 is 11.6 Å². The van der Waals surface area contributed by atoms with E-state index in [-0.39, 0.29) is 5.54 Å². The Morgan fingerprint density at radius 3 is 2.81 bits per heavy atom. The van der Waals surface area contributed by atoms with Gasteiger partial charge in [-0.2, -0.15) is 0 Å². The van der Waals surface area contributed by atoms with Crippen LogP contribution in [-0.2, 0) is 0 Å². The summed E-state index contributed by atoms with van der Waals surface area (Å²) in [6, 6.07) is 8.13. The van der Waals surface area contributed by atoms with E-state index >= 15 is 0 Å². The van der Waals surface area contributed by atoms with E-state index in [1.807, 2.05) is 12.1 Å². The van der Waals surface area contributed by atoms with E-state index in [1.54, 1.807) is 7.11 Å². The molecule has 1 aromatic rings. The van der Waals surface area contributed by atoms with E-state index in [4.69, 9.17) is 10.5 Å². The summed E-state index contributed by atoms with van der Waals surface area (Å²) < 4.78 is 5.36. The third-order valence-electron chi connectivity index (χ3n) is 4.85. The minimum atomic E-state index is 0.0399. The van der Waals surface area contributed by atoms with Crippen LogP contribution in [0.1, 0.15) is 39.5 Å². The molecule has 1 aromatic carbocycles. The Kier molecular flexibility index (Phi) is 3.34. The van der Waals surface area contributed by atoms with Gasteiger partial charge in [0, 0.05) is 11.8 Å². The second-order valence-electron chi connectivity index (χ2n) is 7.13. The van der Waals surface area contributed by atoms with Gasteiger partial charge in [0.15, 0.2) is 5.96 Å². The normalized spacial score (nSPS) is 27.8.